The van der Waals surface area contributed by atoms with Gasteiger partial charge in [0.2, 0.25) is 0 Å². The van der Waals surface area contributed by atoms with Crippen LogP contribution in [-0.2, 0) is 60.6 Å². The van der Waals surface area contributed by atoms with Crippen LogP contribution in [0.3, 0.4) is 0 Å². The van der Waals surface area contributed by atoms with Gasteiger partial charge in [-0.05, 0) is 11.1 Å². The third-order valence-electron chi connectivity index (χ3n) is 4.74. The Morgan fingerprint density at radius 2 is 1.28 bits per heavy atom. The van der Waals surface area contributed by atoms with Gasteiger partial charge in [0.25, 0.3) is 0 Å². The molecule has 0 amide bonds. The fraction of sp³-hybridized carbons (Fsp3) is 0.545. The van der Waals surface area contributed by atoms with Crippen LogP contribution in [0.25, 0.3) is 0 Å². The molecule has 0 N–H and O–H groups in total. The van der Waals surface area contributed by atoms with Gasteiger partial charge in [0.05, 0.1) is 13.7 Å². The van der Waals surface area contributed by atoms with Crippen molar-refractivity contribution in [3.63, 3.8) is 0 Å². The van der Waals surface area contributed by atoms with Crippen LogP contribution in [0.5, 0.6) is 0 Å². The zero-order chi connectivity index (χ0) is 23.8. The van der Waals surface area contributed by atoms with E-state index in [1.54, 1.807) is 7.11 Å². The first kappa shape index (κ1) is 25.3. The Hall–Kier alpha value is -2.98. The van der Waals surface area contributed by atoms with E-state index in [1.807, 2.05) is 24.3 Å². The summed E-state index contributed by atoms with van der Waals surface area (Å²) in [5, 5.41) is 0. The normalized spacial score (nSPS) is 24.8. The first-order chi connectivity index (χ1) is 15.2. The third kappa shape index (κ3) is 6.76. The van der Waals surface area contributed by atoms with Crippen LogP contribution in [-0.4, -0.2) is 68.6 Å². The molecule has 1 fully saturated rings. The molecule has 0 aromatic heterocycles. The minimum absolute atomic E-state index is 0.212. The highest BCUT2D eigenvalue weighted by molar-refractivity contribution is 5.77. The van der Waals surface area contributed by atoms with Crippen LogP contribution in [0.15, 0.2) is 24.3 Å². The molecule has 10 heteroatoms. The molecule has 1 aromatic rings. The smallest absolute Gasteiger partial charge is 0.339 e. The molecular weight excluding hydrogens is 424 g/mol. The summed E-state index contributed by atoms with van der Waals surface area (Å²) in [5.41, 5.74) is 1.76. The summed E-state index contributed by atoms with van der Waals surface area (Å²) in [7, 11) is 2.74. The number of carbonyl (C=O) groups excluding carboxylic acids is 4. The molecule has 1 aromatic carbocycles. The molecule has 1 saturated heterocycles. The van der Waals surface area contributed by atoms with E-state index in [-0.39, 0.29) is 6.42 Å². The molecule has 1 aliphatic heterocycles. The minimum atomic E-state index is -1.39. The Bertz CT molecular complexity index is 819. The van der Waals surface area contributed by atoms with Gasteiger partial charge in [0, 0.05) is 34.3 Å². The maximum absolute atomic E-state index is 12.4. The highest BCUT2D eigenvalue weighted by Gasteiger charge is 2.54. The molecular formula is C22H28O10. The first-order valence-electron chi connectivity index (χ1n) is 9.98. The third-order valence-corrected chi connectivity index (χ3v) is 4.74. The largest absolute Gasteiger partial charge is 0.467 e. The van der Waals surface area contributed by atoms with Crippen molar-refractivity contribution >= 4 is 23.9 Å². The number of ether oxygens (including phenoxy) is 6. The van der Waals surface area contributed by atoms with Gasteiger partial charge in [-0.1, -0.05) is 24.3 Å². The lowest BCUT2D eigenvalue weighted by molar-refractivity contribution is -0.248. The van der Waals surface area contributed by atoms with E-state index in [2.05, 4.69) is 0 Å². The number of carbonyl (C=O) groups is 4. The molecule has 0 aliphatic carbocycles. The lowest BCUT2D eigenvalue weighted by Crippen LogP contribution is -2.63. The number of hydrogen-bond donors (Lipinski definition) is 0. The second-order valence-corrected chi connectivity index (χ2v) is 7.29. The second kappa shape index (κ2) is 11.6. The van der Waals surface area contributed by atoms with Crippen LogP contribution >= 0.6 is 0 Å². The zero-order valence-electron chi connectivity index (χ0n) is 18.7. The van der Waals surface area contributed by atoms with Crippen LogP contribution < -0.4 is 0 Å². The van der Waals surface area contributed by atoms with Crippen LogP contribution in [0, 0.1) is 0 Å². The summed E-state index contributed by atoms with van der Waals surface area (Å²) in [4.78, 5) is 47.8. The van der Waals surface area contributed by atoms with Crippen molar-refractivity contribution in [3.8, 4) is 0 Å². The standard InChI is InChI=1S/C22H28O10/c1-12(23)29-18-17(10-15-6-8-16(9-7-15)11-27-4)32-21(22(26)28-5)20(31-14(3)25)19(18)30-13(2)24/h6-9,17-21H,10-11H2,1-5H3/t17-,18?,19?,20-,21?/m0/s1. The number of hydrogen-bond acceptors (Lipinski definition) is 10. The van der Waals surface area contributed by atoms with Gasteiger partial charge >= 0.3 is 23.9 Å². The zero-order valence-corrected chi connectivity index (χ0v) is 18.7. The van der Waals surface area contributed by atoms with Crippen LogP contribution in [0.4, 0.5) is 0 Å². The lowest BCUT2D eigenvalue weighted by Gasteiger charge is -2.43. The number of rotatable bonds is 8. The molecule has 10 nitrogen and oxygen atoms in total. The summed E-state index contributed by atoms with van der Waals surface area (Å²) >= 11 is 0. The van der Waals surface area contributed by atoms with E-state index in [9.17, 15) is 19.2 Å². The molecule has 1 aliphatic rings. The Morgan fingerprint density at radius 1 is 0.781 bits per heavy atom. The molecule has 1 heterocycles. The molecule has 0 radical (unpaired) electrons. The monoisotopic (exact) mass is 452 g/mol. The van der Waals surface area contributed by atoms with Gasteiger partial charge in [-0.25, -0.2) is 4.79 Å². The van der Waals surface area contributed by atoms with Crippen molar-refractivity contribution in [2.24, 2.45) is 0 Å². The van der Waals surface area contributed by atoms with Crippen molar-refractivity contribution in [2.75, 3.05) is 14.2 Å². The Morgan fingerprint density at radius 3 is 1.78 bits per heavy atom. The number of methoxy groups -OCH3 is 2. The van der Waals surface area contributed by atoms with Crippen LogP contribution in [0.1, 0.15) is 31.9 Å². The van der Waals surface area contributed by atoms with E-state index in [0.29, 0.717) is 6.61 Å². The molecule has 3 unspecified atom stereocenters. The summed E-state index contributed by atoms with van der Waals surface area (Å²) in [6.45, 7) is 3.92. The molecule has 5 atom stereocenters. The maximum Gasteiger partial charge on any atom is 0.339 e. The van der Waals surface area contributed by atoms with Crippen molar-refractivity contribution in [3.05, 3.63) is 35.4 Å². The number of esters is 4. The predicted molar refractivity (Wildman–Crippen MR) is 108 cm³/mol. The molecule has 0 bridgehead atoms. The highest BCUT2D eigenvalue weighted by atomic mass is 16.7. The highest BCUT2D eigenvalue weighted by Crippen LogP contribution is 2.31. The van der Waals surface area contributed by atoms with Crippen LogP contribution in [0.2, 0.25) is 0 Å². The second-order valence-electron chi connectivity index (χ2n) is 7.29. The lowest BCUT2D eigenvalue weighted by atomic mass is 9.90. The van der Waals surface area contributed by atoms with Gasteiger partial charge in [-0.15, -0.1) is 0 Å². The Balaban J connectivity index is 2.44. The Labute approximate surface area is 186 Å². The van der Waals surface area contributed by atoms with Crippen molar-refractivity contribution in [2.45, 2.75) is 64.3 Å². The predicted octanol–water partition coefficient (Wildman–Crippen LogP) is 1.11. The molecule has 0 saturated carbocycles. The van der Waals surface area contributed by atoms with Crippen molar-refractivity contribution in [1.29, 1.82) is 0 Å². The van der Waals surface area contributed by atoms with Gasteiger partial charge in [0.1, 0.15) is 6.10 Å². The average Bonchev–Trinajstić information content (AvgIpc) is 2.72. The quantitative estimate of drug-likeness (QED) is 0.418. The minimum Gasteiger partial charge on any atom is -0.467 e. The van der Waals surface area contributed by atoms with Gasteiger partial charge < -0.3 is 28.4 Å². The summed E-state index contributed by atoms with van der Waals surface area (Å²) in [6.07, 6.45) is -5.86. The molecule has 2 rings (SSSR count). The van der Waals surface area contributed by atoms with Gasteiger partial charge in [-0.3, -0.25) is 14.4 Å². The Kier molecular flexibility index (Phi) is 9.15. The van der Waals surface area contributed by atoms with E-state index in [4.69, 9.17) is 28.4 Å². The summed E-state index contributed by atoms with van der Waals surface area (Å²) in [6, 6.07) is 7.42. The SMILES string of the molecule is COCc1ccc(C[C@@H]2OC(C(=O)OC)[C@@H](OC(C)=O)C(OC(C)=O)C2OC(C)=O)cc1. The molecule has 32 heavy (non-hydrogen) atoms. The van der Waals surface area contributed by atoms with E-state index >= 15 is 0 Å². The average molecular weight is 452 g/mol. The molecule has 176 valence electrons. The fourth-order valence-electron chi connectivity index (χ4n) is 3.54. The van der Waals surface area contributed by atoms with Gasteiger partial charge in [0.15, 0.2) is 24.4 Å². The van der Waals surface area contributed by atoms with Gasteiger partial charge in [-0.2, -0.15) is 0 Å². The van der Waals surface area contributed by atoms with E-state index in [0.717, 1.165) is 32.1 Å². The number of benzene rings is 1. The summed E-state index contributed by atoms with van der Waals surface area (Å²) < 4.78 is 31.8. The van der Waals surface area contributed by atoms with Crippen molar-refractivity contribution < 1.29 is 47.6 Å². The van der Waals surface area contributed by atoms with Crippen molar-refractivity contribution in [1.82, 2.24) is 0 Å². The molecule has 0 spiro atoms. The first-order valence-corrected chi connectivity index (χ1v) is 9.98. The topological polar surface area (TPSA) is 124 Å². The van der Waals surface area contributed by atoms with E-state index in [1.165, 1.54) is 6.92 Å². The maximum atomic E-state index is 12.4. The van der Waals surface area contributed by atoms with E-state index < -0.39 is 54.4 Å². The fourth-order valence-corrected chi connectivity index (χ4v) is 3.54. The summed E-state index contributed by atoms with van der Waals surface area (Å²) in [5.74, 6) is -2.93.